The number of esters is 4. The third-order valence-electron chi connectivity index (χ3n) is 16.1. The predicted octanol–water partition coefficient (Wildman–Crippen LogP) is 19.9. The van der Waals surface area contributed by atoms with Gasteiger partial charge in [-0.05, 0) is 25.7 Å². The Morgan fingerprint density at radius 3 is 0.670 bits per heavy atom. The third kappa shape index (κ3) is 62.8. The Balaban J connectivity index is 5.16. The van der Waals surface area contributed by atoms with Crippen LogP contribution in [0.4, 0.5) is 0 Å². The van der Waals surface area contributed by atoms with Crippen LogP contribution in [0.1, 0.15) is 362 Å². The fourth-order valence-electron chi connectivity index (χ4n) is 10.5. The van der Waals surface area contributed by atoms with E-state index < -0.39 is 97.5 Å². The van der Waals surface area contributed by atoms with E-state index >= 15 is 0 Å². The molecule has 0 amide bonds. The van der Waals surface area contributed by atoms with Gasteiger partial charge in [0.05, 0.1) is 26.4 Å². The lowest BCUT2D eigenvalue weighted by Crippen LogP contribution is -2.30. The number of aliphatic hydroxyl groups is 1. The van der Waals surface area contributed by atoms with Crippen molar-refractivity contribution in [2.75, 3.05) is 39.6 Å². The molecule has 2 unspecified atom stereocenters. The lowest BCUT2D eigenvalue weighted by Gasteiger charge is -2.21. The maximum Gasteiger partial charge on any atom is 0.472 e. The second-order valence-electron chi connectivity index (χ2n) is 24.9. The highest BCUT2D eigenvalue weighted by molar-refractivity contribution is 7.47. The molecular formula is C69H134O17P2. The molecule has 0 aromatic heterocycles. The normalized spacial score (nSPS) is 14.0. The summed E-state index contributed by atoms with van der Waals surface area (Å²) in [5, 5.41) is 10.5. The van der Waals surface area contributed by atoms with Crippen molar-refractivity contribution in [3.05, 3.63) is 0 Å². The van der Waals surface area contributed by atoms with Crippen LogP contribution in [0.5, 0.6) is 0 Å². The summed E-state index contributed by atoms with van der Waals surface area (Å²) < 4.78 is 68.1. The van der Waals surface area contributed by atoms with Gasteiger partial charge in [0.2, 0.25) is 0 Å². The Kier molecular flexibility index (Phi) is 62.4. The Labute approximate surface area is 537 Å². The molecule has 0 fully saturated rings. The van der Waals surface area contributed by atoms with Crippen LogP contribution in [0.15, 0.2) is 0 Å². The summed E-state index contributed by atoms with van der Waals surface area (Å²) in [5.74, 6) is -2.13. The van der Waals surface area contributed by atoms with Crippen LogP contribution in [0.25, 0.3) is 0 Å². The van der Waals surface area contributed by atoms with Gasteiger partial charge in [-0.25, -0.2) is 9.13 Å². The van der Waals surface area contributed by atoms with Gasteiger partial charge in [-0.3, -0.25) is 37.3 Å². The van der Waals surface area contributed by atoms with Crippen molar-refractivity contribution in [3.63, 3.8) is 0 Å². The van der Waals surface area contributed by atoms with Crippen molar-refractivity contribution >= 4 is 39.5 Å². The number of carbonyl (C=O) groups excluding carboxylic acids is 4. The van der Waals surface area contributed by atoms with Gasteiger partial charge in [-0.1, -0.05) is 310 Å². The smallest absolute Gasteiger partial charge is 0.462 e. The van der Waals surface area contributed by atoms with Crippen molar-refractivity contribution in [2.45, 2.75) is 380 Å². The van der Waals surface area contributed by atoms with E-state index in [2.05, 4.69) is 27.7 Å². The molecule has 0 heterocycles. The van der Waals surface area contributed by atoms with Gasteiger partial charge in [-0.15, -0.1) is 0 Å². The number of unbranched alkanes of at least 4 members (excludes halogenated alkanes) is 44. The molecular weight excluding hydrogens is 1160 g/mol. The number of hydrogen-bond acceptors (Lipinski definition) is 15. The molecule has 0 aliphatic carbocycles. The van der Waals surface area contributed by atoms with E-state index in [1.54, 1.807) is 0 Å². The van der Waals surface area contributed by atoms with Gasteiger partial charge < -0.3 is 33.8 Å². The molecule has 0 aromatic rings. The molecule has 0 aliphatic heterocycles. The molecule has 0 aliphatic rings. The first-order valence-electron chi connectivity index (χ1n) is 36.3. The van der Waals surface area contributed by atoms with E-state index in [-0.39, 0.29) is 25.7 Å². The lowest BCUT2D eigenvalue weighted by molar-refractivity contribution is -0.161. The number of phosphoric acid groups is 2. The second kappa shape index (κ2) is 63.8. The zero-order valence-electron chi connectivity index (χ0n) is 56.7. The Morgan fingerprint density at radius 1 is 0.273 bits per heavy atom. The summed E-state index contributed by atoms with van der Waals surface area (Å²) >= 11 is 0. The van der Waals surface area contributed by atoms with Crippen molar-refractivity contribution in [1.29, 1.82) is 0 Å². The molecule has 0 saturated heterocycles. The van der Waals surface area contributed by atoms with E-state index in [0.29, 0.717) is 25.7 Å². The average Bonchev–Trinajstić information content (AvgIpc) is 3.70. The highest BCUT2D eigenvalue weighted by Gasteiger charge is 2.30. The molecule has 0 saturated carbocycles. The largest absolute Gasteiger partial charge is 0.472 e. The molecule has 19 heteroatoms. The topological polar surface area (TPSA) is 237 Å². The third-order valence-corrected chi connectivity index (χ3v) is 18.0. The summed E-state index contributed by atoms with van der Waals surface area (Å²) in [5.41, 5.74) is 0. The predicted molar refractivity (Wildman–Crippen MR) is 354 cm³/mol. The van der Waals surface area contributed by atoms with Crippen molar-refractivity contribution in [3.8, 4) is 0 Å². The van der Waals surface area contributed by atoms with Crippen LogP contribution >= 0.6 is 15.6 Å². The van der Waals surface area contributed by atoms with Crippen molar-refractivity contribution < 1.29 is 80.2 Å². The zero-order chi connectivity index (χ0) is 64.7. The molecule has 0 spiro atoms. The van der Waals surface area contributed by atoms with E-state index in [1.165, 1.54) is 173 Å². The van der Waals surface area contributed by atoms with Crippen LogP contribution in [0.3, 0.4) is 0 Å². The Morgan fingerprint density at radius 2 is 0.455 bits per heavy atom. The van der Waals surface area contributed by atoms with Gasteiger partial charge in [-0.2, -0.15) is 0 Å². The molecule has 0 rings (SSSR count). The van der Waals surface area contributed by atoms with Crippen LogP contribution < -0.4 is 0 Å². The van der Waals surface area contributed by atoms with E-state index in [0.717, 1.165) is 109 Å². The first-order chi connectivity index (χ1) is 42.7. The summed E-state index contributed by atoms with van der Waals surface area (Å²) in [4.78, 5) is 72.2. The molecule has 522 valence electrons. The van der Waals surface area contributed by atoms with Crippen LogP contribution in [0.2, 0.25) is 0 Å². The van der Waals surface area contributed by atoms with Gasteiger partial charge in [0.1, 0.15) is 19.3 Å². The van der Waals surface area contributed by atoms with Crippen molar-refractivity contribution in [1.82, 2.24) is 0 Å². The lowest BCUT2D eigenvalue weighted by atomic mass is 10.0. The summed E-state index contributed by atoms with van der Waals surface area (Å²) in [7, 11) is -9.89. The number of hydrogen-bond donors (Lipinski definition) is 3. The number of carbonyl (C=O) groups is 4. The van der Waals surface area contributed by atoms with Crippen LogP contribution in [0, 0.1) is 0 Å². The molecule has 88 heavy (non-hydrogen) atoms. The molecule has 0 aromatic carbocycles. The minimum atomic E-state index is -4.95. The molecule has 5 atom stereocenters. The number of rotatable bonds is 70. The molecule has 3 N–H and O–H groups in total. The van der Waals surface area contributed by atoms with E-state index in [9.17, 15) is 43.2 Å². The standard InChI is InChI=1S/C69H134O17P2/c1-5-9-13-17-21-24-26-28-30-31-32-34-36-38-40-44-48-52-56-69(74)86-65(60-80-67(72)54-50-46-43-39-37-35-33-29-27-25-22-18-14-10-6-2)62-84-88(77,78)82-58-63(70)57-81-87(75,76)83-61-64(59-79-66(71)53-49-45-41-20-16-12-8-4)85-68(73)55-51-47-42-23-19-15-11-7-3/h63-65,70H,5-62H2,1-4H3,(H,75,76)(H,77,78)/t63-,64+,65+/m0/s1. The van der Waals surface area contributed by atoms with Crippen LogP contribution in [-0.4, -0.2) is 96.7 Å². The highest BCUT2D eigenvalue weighted by atomic mass is 31.2. The second-order valence-corrected chi connectivity index (χ2v) is 27.8. The summed E-state index contributed by atoms with van der Waals surface area (Å²) in [6.45, 7) is 4.87. The molecule has 0 radical (unpaired) electrons. The van der Waals surface area contributed by atoms with Gasteiger partial charge in [0, 0.05) is 25.7 Å². The average molecular weight is 1300 g/mol. The quantitative estimate of drug-likeness (QED) is 0.0222. The minimum Gasteiger partial charge on any atom is -0.462 e. The number of phosphoric ester groups is 2. The van der Waals surface area contributed by atoms with E-state index in [4.69, 9.17) is 37.0 Å². The van der Waals surface area contributed by atoms with Gasteiger partial charge >= 0.3 is 39.5 Å². The monoisotopic (exact) mass is 1300 g/mol. The van der Waals surface area contributed by atoms with Crippen molar-refractivity contribution in [2.24, 2.45) is 0 Å². The maximum absolute atomic E-state index is 13.0. The summed E-state index contributed by atoms with van der Waals surface area (Å²) in [6, 6.07) is 0. The van der Waals surface area contributed by atoms with E-state index in [1.807, 2.05) is 0 Å². The maximum atomic E-state index is 13.0. The fraction of sp³-hybridized carbons (Fsp3) is 0.942. The van der Waals surface area contributed by atoms with Crippen LogP contribution in [-0.2, 0) is 65.4 Å². The first kappa shape index (κ1) is 86.1. The summed E-state index contributed by atoms with van der Waals surface area (Å²) in [6.07, 6.45) is 51.6. The minimum absolute atomic E-state index is 0.105. The van der Waals surface area contributed by atoms with Gasteiger partial charge in [0.15, 0.2) is 12.2 Å². The Hall–Kier alpha value is -1.94. The van der Waals surface area contributed by atoms with Gasteiger partial charge in [0.25, 0.3) is 0 Å². The molecule has 0 bridgehead atoms. The fourth-order valence-corrected chi connectivity index (χ4v) is 12.1. The number of ether oxygens (including phenoxy) is 4. The first-order valence-corrected chi connectivity index (χ1v) is 39.3. The SMILES string of the molecule is CCCCCCCCCCCCCCCCCCCCC(=O)O[C@H](COC(=O)CCCCCCCCCCCCCCCCC)COP(=O)(O)OC[C@@H](O)COP(=O)(O)OC[C@@H](COC(=O)CCCCCCCCC)OC(=O)CCCCCCCCCC. The molecule has 17 nitrogen and oxygen atoms in total. The number of aliphatic hydroxyl groups excluding tert-OH is 1. The Bertz CT molecular complexity index is 1690. The highest BCUT2D eigenvalue weighted by Crippen LogP contribution is 2.45. The zero-order valence-corrected chi connectivity index (χ0v) is 58.5.